The molecule has 1 unspecified atom stereocenters. The molecule has 0 amide bonds. The van der Waals surface area contributed by atoms with Crippen LogP contribution < -0.4 is 5.32 Å². The third-order valence-corrected chi connectivity index (χ3v) is 4.47. The fraction of sp³-hybridized carbons (Fsp3) is 0.706. The van der Waals surface area contributed by atoms with E-state index in [9.17, 15) is 0 Å². The van der Waals surface area contributed by atoms with E-state index in [2.05, 4.69) is 35.3 Å². The zero-order valence-electron chi connectivity index (χ0n) is 12.6. The fourth-order valence-corrected chi connectivity index (χ4v) is 3.18. The summed E-state index contributed by atoms with van der Waals surface area (Å²) in [6, 6.07) is 7.23. The van der Waals surface area contributed by atoms with Crippen molar-refractivity contribution < 1.29 is 0 Å². The van der Waals surface area contributed by atoms with Crippen LogP contribution in [0.4, 0.5) is 0 Å². The number of likely N-dealkylation sites (tertiary alicyclic amines) is 1. The van der Waals surface area contributed by atoms with Gasteiger partial charge in [0.2, 0.25) is 0 Å². The van der Waals surface area contributed by atoms with Gasteiger partial charge in [-0.25, -0.2) is 0 Å². The second-order valence-corrected chi connectivity index (χ2v) is 6.45. The lowest BCUT2D eigenvalue weighted by atomic mass is 10.0. The first kappa shape index (κ1) is 14.0. The second kappa shape index (κ2) is 6.68. The fourth-order valence-electron chi connectivity index (χ4n) is 3.18. The zero-order chi connectivity index (χ0) is 13.8. The van der Waals surface area contributed by atoms with Gasteiger partial charge >= 0.3 is 0 Å². The van der Waals surface area contributed by atoms with Crippen molar-refractivity contribution in [2.75, 3.05) is 13.1 Å². The molecule has 20 heavy (non-hydrogen) atoms. The van der Waals surface area contributed by atoms with Crippen LogP contribution in [0, 0.1) is 5.92 Å². The van der Waals surface area contributed by atoms with Crippen LogP contribution in [-0.2, 0) is 13.1 Å². The van der Waals surface area contributed by atoms with Gasteiger partial charge in [-0.05, 0) is 50.3 Å². The molecular formula is C17H27N3. The van der Waals surface area contributed by atoms with Gasteiger partial charge in [0.05, 0.1) is 11.4 Å². The molecule has 2 heterocycles. The van der Waals surface area contributed by atoms with E-state index in [0.29, 0.717) is 0 Å². The first-order chi connectivity index (χ1) is 9.83. The van der Waals surface area contributed by atoms with Crippen LogP contribution in [0.3, 0.4) is 0 Å². The molecule has 0 aromatic carbocycles. The summed E-state index contributed by atoms with van der Waals surface area (Å²) in [6.45, 7) is 6.76. The molecule has 110 valence electrons. The summed E-state index contributed by atoms with van der Waals surface area (Å²) in [5, 5.41) is 3.54. The Hall–Kier alpha value is -0.930. The molecule has 3 heteroatoms. The second-order valence-electron chi connectivity index (χ2n) is 6.45. The quantitative estimate of drug-likeness (QED) is 0.828. The minimum atomic E-state index is 0.758. The largest absolute Gasteiger partial charge is 0.308 e. The lowest BCUT2D eigenvalue weighted by Crippen LogP contribution is -2.21. The summed E-state index contributed by atoms with van der Waals surface area (Å²) >= 11 is 0. The topological polar surface area (TPSA) is 28.2 Å². The minimum Gasteiger partial charge on any atom is -0.308 e. The molecule has 1 aromatic rings. The van der Waals surface area contributed by atoms with Crippen LogP contribution in [-0.4, -0.2) is 29.0 Å². The zero-order valence-corrected chi connectivity index (χ0v) is 12.6. The number of nitrogens with zero attached hydrogens (tertiary/aromatic N) is 2. The van der Waals surface area contributed by atoms with Crippen molar-refractivity contribution in [3.63, 3.8) is 0 Å². The van der Waals surface area contributed by atoms with Gasteiger partial charge in [-0.3, -0.25) is 9.88 Å². The van der Waals surface area contributed by atoms with E-state index in [1.54, 1.807) is 0 Å². The number of rotatable bonds is 7. The van der Waals surface area contributed by atoms with Crippen molar-refractivity contribution in [2.45, 2.75) is 58.2 Å². The Morgan fingerprint density at radius 2 is 2.10 bits per heavy atom. The van der Waals surface area contributed by atoms with Crippen LogP contribution >= 0.6 is 0 Å². The van der Waals surface area contributed by atoms with Crippen LogP contribution in [0.15, 0.2) is 18.2 Å². The van der Waals surface area contributed by atoms with Crippen molar-refractivity contribution >= 4 is 0 Å². The number of hydrogen-bond acceptors (Lipinski definition) is 3. The van der Waals surface area contributed by atoms with Gasteiger partial charge in [0, 0.05) is 25.7 Å². The van der Waals surface area contributed by atoms with Crippen LogP contribution in [0.25, 0.3) is 0 Å². The van der Waals surface area contributed by atoms with Crippen LogP contribution in [0.2, 0.25) is 0 Å². The van der Waals surface area contributed by atoms with E-state index in [-0.39, 0.29) is 0 Å². The van der Waals surface area contributed by atoms with Crippen molar-refractivity contribution in [3.8, 4) is 0 Å². The third-order valence-electron chi connectivity index (χ3n) is 4.47. The molecule has 3 nitrogen and oxygen atoms in total. The maximum atomic E-state index is 4.80. The number of pyridine rings is 1. The minimum absolute atomic E-state index is 0.758. The van der Waals surface area contributed by atoms with Gasteiger partial charge in [-0.15, -0.1) is 0 Å². The van der Waals surface area contributed by atoms with E-state index in [1.807, 2.05) is 0 Å². The summed E-state index contributed by atoms with van der Waals surface area (Å²) in [4.78, 5) is 7.37. The van der Waals surface area contributed by atoms with Crippen LogP contribution in [0.1, 0.15) is 50.4 Å². The Labute approximate surface area is 122 Å². The van der Waals surface area contributed by atoms with E-state index in [0.717, 1.165) is 25.0 Å². The predicted octanol–water partition coefficient (Wildman–Crippen LogP) is 2.96. The molecule has 2 fully saturated rings. The van der Waals surface area contributed by atoms with E-state index in [1.165, 1.54) is 56.6 Å². The van der Waals surface area contributed by atoms with Crippen molar-refractivity contribution in [2.24, 2.45) is 5.92 Å². The summed E-state index contributed by atoms with van der Waals surface area (Å²) in [5.41, 5.74) is 2.43. The molecule has 1 saturated carbocycles. The van der Waals surface area contributed by atoms with Crippen molar-refractivity contribution in [1.29, 1.82) is 0 Å². The molecule has 1 aliphatic carbocycles. The highest BCUT2D eigenvalue weighted by molar-refractivity contribution is 5.11. The van der Waals surface area contributed by atoms with Gasteiger partial charge in [0.15, 0.2) is 0 Å². The molecule has 0 bridgehead atoms. The summed E-state index contributed by atoms with van der Waals surface area (Å²) in [7, 11) is 0. The van der Waals surface area contributed by atoms with Gasteiger partial charge in [-0.1, -0.05) is 19.4 Å². The van der Waals surface area contributed by atoms with Crippen molar-refractivity contribution in [1.82, 2.24) is 15.2 Å². The Bertz CT molecular complexity index is 428. The van der Waals surface area contributed by atoms with Gasteiger partial charge in [0.25, 0.3) is 0 Å². The standard InChI is InChI=1S/C17H27N3/c1-2-4-14-9-10-20(12-14)13-17-6-3-5-16(19-17)11-18-15-7-8-15/h3,5-6,14-15,18H,2,4,7-13H2,1H3. The smallest absolute Gasteiger partial charge is 0.0547 e. The molecule has 0 radical (unpaired) electrons. The average Bonchev–Trinajstić information content (AvgIpc) is 3.19. The monoisotopic (exact) mass is 273 g/mol. The average molecular weight is 273 g/mol. The summed E-state index contributed by atoms with van der Waals surface area (Å²) in [5.74, 6) is 0.916. The Kier molecular flexibility index (Phi) is 4.69. The number of aromatic nitrogens is 1. The normalized spacial score (nSPS) is 23.4. The summed E-state index contributed by atoms with van der Waals surface area (Å²) < 4.78 is 0. The highest BCUT2D eigenvalue weighted by atomic mass is 15.2. The number of hydrogen-bond donors (Lipinski definition) is 1. The predicted molar refractivity (Wildman–Crippen MR) is 82.4 cm³/mol. The first-order valence-corrected chi connectivity index (χ1v) is 8.24. The third kappa shape index (κ3) is 4.03. The molecule has 1 aliphatic heterocycles. The molecule has 1 N–H and O–H groups in total. The van der Waals surface area contributed by atoms with Gasteiger partial charge in [-0.2, -0.15) is 0 Å². The molecular weight excluding hydrogens is 246 g/mol. The Morgan fingerprint density at radius 1 is 1.25 bits per heavy atom. The lowest BCUT2D eigenvalue weighted by molar-refractivity contribution is 0.309. The highest BCUT2D eigenvalue weighted by Crippen LogP contribution is 2.22. The van der Waals surface area contributed by atoms with E-state index < -0.39 is 0 Å². The maximum absolute atomic E-state index is 4.80. The maximum Gasteiger partial charge on any atom is 0.0547 e. The van der Waals surface area contributed by atoms with Gasteiger partial charge < -0.3 is 5.32 Å². The highest BCUT2D eigenvalue weighted by Gasteiger charge is 2.22. The number of nitrogens with one attached hydrogen (secondary N) is 1. The summed E-state index contributed by atoms with van der Waals surface area (Å²) in [6.07, 6.45) is 6.75. The van der Waals surface area contributed by atoms with Crippen molar-refractivity contribution in [3.05, 3.63) is 29.6 Å². The van der Waals surface area contributed by atoms with E-state index >= 15 is 0 Å². The molecule has 1 atom stereocenters. The molecule has 1 aromatic heterocycles. The lowest BCUT2D eigenvalue weighted by Gasteiger charge is -2.16. The first-order valence-electron chi connectivity index (χ1n) is 8.24. The van der Waals surface area contributed by atoms with E-state index in [4.69, 9.17) is 4.98 Å². The molecule has 2 aliphatic rings. The van der Waals surface area contributed by atoms with Crippen LogP contribution in [0.5, 0.6) is 0 Å². The molecule has 3 rings (SSSR count). The molecule has 0 spiro atoms. The molecule has 1 saturated heterocycles. The SMILES string of the molecule is CCCC1CCN(Cc2cccc(CNC3CC3)n2)C1. The van der Waals surface area contributed by atoms with Gasteiger partial charge in [0.1, 0.15) is 0 Å². The Balaban J connectivity index is 1.50. The Morgan fingerprint density at radius 3 is 2.90 bits per heavy atom.